The van der Waals surface area contributed by atoms with Gasteiger partial charge in [-0.25, -0.2) is 0 Å². The fraction of sp³-hybridized carbons (Fsp3) is 0.947. The molecule has 2 aliphatic carbocycles. The van der Waals surface area contributed by atoms with Crippen LogP contribution in [0.15, 0.2) is 0 Å². The van der Waals surface area contributed by atoms with Gasteiger partial charge in [0, 0.05) is 0 Å². The van der Waals surface area contributed by atoms with Gasteiger partial charge >= 0.3 is 0 Å². The smallest absolute Gasteiger partial charge is 0.0689 e. The second kappa shape index (κ2) is 7.48. The highest BCUT2D eigenvalue weighted by molar-refractivity contribution is 5.02. The molecular weight excluding hydrogens is 242 g/mol. The van der Waals surface area contributed by atoms with Gasteiger partial charge in [0.05, 0.1) is 11.5 Å². The van der Waals surface area contributed by atoms with E-state index in [1.807, 2.05) is 0 Å². The first kappa shape index (κ1) is 15.9. The molecule has 0 aromatic heterocycles. The summed E-state index contributed by atoms with van der Waals surface area (Å²) < 4.78 is 0. The van der Waals surface area contributed by atoms with Gasteiger partial charge in [-0.15, -0.1) is 0 Å². The van der Waals surface area contributed by atoms with Crippen LogP contribution < -0.4 is 0 Å². The molecule has 1 heteroatoms. The van der Waals surface area contributed by atoms with Gasteiger partial charge in [0.2, 0.25) is 0 Å². The topological polar surface area (TPSA) is 23.8 Å². The summed E-state index contributed by atoms with van der Waals surface area (Å²) in [6.07, 6.45) is 16.0. The highest BCUT2D eigenvalue weighted by Crippen LogP contribution is 2.47. The van der Waals surface area contributed by atoms with Crippen LogP contribution in [0, 0.1) is 34.5 Å². The molecule has 0 N–H and O–H groups in total. The van der Waals surface area contributed by atoms with E-state index in [1.165, 1.54) is 70.6 Å². The average Bonchev–Trinajstić information content (AvgIpc) is 2.49. The van der Waals surface area contributed by atoms with Gasteiger partial charge < -0.3 is 0 Å². The number of rotatable bonds is 5. The third kappa shape index (κ3) is 4.00. The summed E-state index contributed by atoms with van der Waals surface area (Å²) in [7, 11) is 0. The van der Waals surface area contributed by atoms with Crippen LogP contribution in [0.1, 0.15) is 90.9 Å². The van der Waals surface area contributed by atoms with Gasteiger partial charge in [-0.2, -0.15) is 5.26 Å². The van der Waals surface area contributed by atoms with Crippen molar-refractivity contribution in [1.29, 1.82) is 5.26 Å². The van der Waals surface area contributed by atoms with E-state index in [4.69, 9.17) is 0 Å². The lowest BCUT2D eigenvalue weighted by atomic mass is 9.63. The minimum Gasteiger partial charge on any atom is -0.198 e. The standard InChI is InChI=1S/C19H33N/c1-3-7-16(2)14-19(15-20)12-10-18(11-13-19)17-8-5-4-6-9-17/h16-18H,3-14H2,1-2H3. The van der Waals surface area contributed by atoms with Crippen LogP contribution in [0.25, 0.3) is 0 Å². The normalized spacial score (nSPS) is 33.5. The number of nitriles is 1. The van der Waals surface area contributed by atoms with Gasteiger partial charge in [-0.1, -0.05) is 58.8 Å². The van der Waals surface area contributed by atoms with Gasteiger partial charge in [0.1, 0.15) is 0 Å². The molecule has 2 rings (SSSR count). The zero-order valence-corrected chi connectivity index (χ0v) is 13.7. The molecule has 1 nitrogen and oxygen atoms in total. The predicted octanol–water partition coefficient (Wildman–Crippen LogP) is 6.09. The zero-order chi connectivity index (χ0) is 14.4. The molecule has 0 aromatic carbocycles. The molecule has 20 heavy (non-hydrogen) atoms. The molecule has 1 atom stereocenters. The Hall–Kier alpha value is -0.510. The number of nitrogens with zero attached hydrogens (tertiary/aromatic N) is 1. The van der Waals surface area contributed by atoms with Crippen molar-refractivity contribution < 1.29 is 0 Å². The van der Waals surface area contributed by atoms with Crippen molar-refractivity contribution in [3.63, 3.8) is 0 Å². The van der Waals surface area contributed by atoms with E-state index in [0.29, 0.717) is 0 Å². The lowest BCUT2D eigenvalue weighted by molar-refractivity contribution is 0.119. The zero-order valence-electron chi connectivity index (χ0n) is 13.7. The molecule has 2 aliphatic rings. The molecule has 0 radical (unpaired) electrons. The quantitative estimate of drug-likeness (QED) is 0.595. The molecule has 2 fully saturated rings. The maximum atomic E-state index is 9.71. The maximum absolute atomic E-state index is 9.71. The molecule has 0 spiro atoms. The maximum Gasteiger partial charge on any atom is 0.0689 e. The fourth-order valence-electron chi connectivity index (χ4n) is 4.89. The third-order valence-electron chi connectivity index (χ3n) is 6.06. The number of hydrogen-bond donors (Lipinski definition) is 0. The molecule has 114 valence electrons. The van der Waals surface area contributed by atoms with Crippen molar-refractivity contribution >= 4 is 0 Å². The Morgan fingerprint density at radius 2 is 1.65 bits per heavy atom. The fourth-order valence-corrected chi connectivity index (χ4v) is 4.89. The van der Waals surface area contributed by atoms with Crippen LogP contribution in [-0.4, -0.2) is 0 Å². The van der Waals surface area contributed by atoms with Gasteiger partial charge in [0.25, 0.3) is 0 Å². The third-order valence-corrected chi connectivity index (χ3v) is 6.06. The van der Waals surface area contributed by atoms with Gasteiger partial charge in [0.15, 0.2) is 0 Å². The Kier molecular flexibility index (Phi) is 5.94. The predicted molar refractivity (Wildman–Crippen MR) is 85.3 cm³/mol. The van der Waals surface area contributed by atoms with Gasteiger partial charge in [-0.3, -0.25) is 0 Å². The Bertz CT molecular complexity index is 313. The van der Waals surface area contributed by atoms with Crippen molar-refractivity contribution in [2.24, 2.45) is 23.2 Å². The largest absolute Gasteiger partial charge is 0.198 e. The van der Waals surface area contributed by atoms with E-state index in [-0.39, 0.29) is 5.41 Å². The second-order valence-corrected chi connectivity index (χ2v) is 7.73. The molecule has 2 saturated carbocycles. The van der Waals surface area contributed by atoms with E-state index >= 15 is 0 Å². The summed E-state index contributed by atoms with van der Waals surface area (Å²) in [4.78, 5) is 0. The van der Waals surface area contributed by atoms with E-state index in [9.17, 15) is 5.26 Å². The molecule has 0 aliphatic heterocycles. The monoisotopic (exact) mass is 275 g/mol. The average molecular weight is 275 g/mol. The molecule has 0 amide bonds. The van der Waals surface area contributed by atoms with Crippen LogP contribution in [0.4, 0.5) is 0 Å². The minimum absolute atomic E-state index is 0.0275. The molecule has 0 aromatic rings. The lowest BCUT2D eigenvalue weighted by Crippen LogP contribution is -2.31. The van der Waals surface area contributed by atoms with Crippen LogP contribution in [0.5, 0.6) is 0 Å². The highest BCUT2D eigenvalue weighted by atomic mass is 14.4. The highest BCUT2D eigenvalue weighted by Gasteiger charge is 2.38. The van der Waals surface area contributed by atoms with Crippen molar-refractivity contribution in [3.05, 3.63) is 0 Å². The molecular formula is C19H33N. The van der Waals surface area contributed by atoms with E-state index in [1.54, 1.807) is 0 Å². The van der Waals surface area contributed by atoms with Crippen molar-refractivity contribution in [2.45, 2.75) is 90.9 Å². The van der Waals surface area contributed by atoms with E-state index in [2.05, 4.69) is 19.9 Å². The Morgan fingerprint density at radius 3 is 2.20 bits per heavy atom. The lowest BCUT2D eigenvalue weighted by Gasteiger charge is -2.40. The number of hydrogen-bond acceptors (Lipinski definition) is 1. The summed E-state index contributed by atoms with van der Waals surface area (Å²) >= 11 is 0. The van der Waals surface area contributed by atoms with Crippen molar-refractivity contribution in [2.75, 3.05) is 0 Å². The first-order valence-corrected chi connectivity index (χ1v) is 9.10. The summed E-state index contributed by atoms with van der Waals surface area (Å²) in [5.74, 6) is 2.66. The Balaban J connectivity index is 1.85. The molecule has 1 unspecified atom stereocenters. The molecule has 0 bridgehead atoms. The Morgan fingerprint density at radius 1 is 1.05 bits per heavy atom. The van der Waals surface area contributed by atoms with E-state index < -0.39 is 0 Å². The second-order valence-electron chi connectivity index (χ2n) is 7.73. The van der Waals surface area contributed by atoms with Crippen LogP contribution in [0.2, 0.25) is 0 Å². The van der Waals surface area contributed by atoms with Crippen LogP contribution in [-0.2, 0) is 0 Å². The van der Waals surface area contributed by atoms with Crippen LogP contribution in [0.3, 0.4) is 0 Å². The molecule has 0 heterocycles. The SMILES string of the molecule is CCCC(C)CC1(C#N)CCC(C2CCCCC2)CC1. The first-order chi connectivity index (χ1) is 9.69. The van der Waals surface area contributed by atoms with E-state index in [0.717, 1.165) is 24.2 Å². The van der Waals surface area contributed by atoms with Gasteiger partial charge in [-0.05, 0) is 49.9 Å². The minimum atomic E-state index is 0.0275. The summed E-state index contributed by atoms with van der Waals surface area (Å²) in [6, 6.07) is 2.73. The summed E-state index contributed by atoms with van der Waals surface area (Å²) in [5, 5.41) is 9.71. The Labute approximate surface area is 126 Å². The first-order valence-electron chi connectivity index (χ1n) is 9.10. The summed E-state index contributed by atoms with van der Waals surface area (Å²) in [6.45, 7) is 4.60. The molecule has 0 saturated heterocycles. The van der Waals surface area contributed by atoms with Crippen LogP contribution >= 0.6 is 0 Å². The van der Waals surface area contributed by atoms with Crippen molar-refractivity contribution in [3.8, 4) is 6.07 Å². The van der Waals surface area contributed by atoms with Crippen molar-refractivity contribution in [1.82, 2.24) is 0 Å². The summed E-state index contributed by atoms with van der Waals surface area (Å²) in [5.41, 5.74) is 0.0275.